The minimum atomic E-state index is -1.02. The fourth-order valence-electron chi connectivity index (χ4n) is 3.61. The minimum Gasteiger partial charge on any atom is -0.486 e. The summed E-state index contributed by atoms with van der Waals surface area (Å²) in [5.41, 5.74) is 7.77. The third-order valence-electron chi connectivity index (χ3n) is 4.90. The molecule has 1 atom stereocenters. The van der Waals surface area contributed by atoms with Crippen LogP contribution in [0.15, 0.2) is 12.1 Å². The van der Waals surface area contributed by atoms with Gasteiger partial charge in [-0.3, -0.25) is 0 Å². The van der Waals surface area contributed by atoms with E-state index < -0.39 is 6.17 Å². The summed E-state index contributed by atoms with van der Waals surface area (Å²) in [7, 11) is 0. The molecule has 1 saturated carbocycles. The molecular formula is C17H24FNO2. The zero-order valence-corrected chi connectivity index (χ0v) is 12.7. The molecule has 1 aromatic rings. The molecular weight excluding hydrogens is 269 g/mol. The average molecular weight is 293 g/mol. The van der Waals surface area contributed by atoms with Crippen LogP contribution in [0.4, 0.5) is 4.39 Å². The van der Waals surface area contributed by atoms with E-state index in [2.05, 4.69) is 0 Å². The van der Waals surface area contributed by atoms with Crippen molar-refractivity contribution in [3.05, 3.63) is 23.3 Å². The Hall–Kier alpha value is -1.29. The SMILES string of the molecule is CC(F)c1cc2c(c(C3(CN)CCCCC3)c1)OCCO2. The maximum absolute atomic E-state index is 13.9. The monoisotopic (exact) mass is 293 g/mol. The van der Waals surface area contributed by atoms with Gasteiger partial charge in [0.05, 0.1) is 0 Å². The lowest BCUT2D eigenvalue weighted by Gasteiger charge is -2.39. The zero-order chi connectivity index (χ0) is 14.9. The van der Waals surface area contributed by atoms with Crippen molar-refractivity contribution in [3.63, 3.8) is 0 Å². The van der Waals surface area contributed by atoms with Gasteiger partial charge in [-0.15, -0.1) is 0 Å². The van der Waals surface area contributed by atoms with Gasteiger partial charge in [0, 0.05) is 17.5 Å². The van der Waals surface area contributed by atoms with Gasteiger partial charge in [0.25, 0.3) is 0 Å². The number of benzene rings is 1. The number of rotatable bonds is 3. The molecule has 0 bridgehead atoms. The Morgan fingerprint density at radius 3 is 2.57 bits per heavy atom. The highest BCUT2D eigenvalue weighted by Crippen LogP contribution is 2.48. The molecule has 0 amide bonds. The number of halogens is 1. The molecule has 1 unspecified atom stereocenters. The van der Waals surface area contributed by atoms with Crippen molar-refractivity contribution in [1.29, 1.82) is 0 Å². The molecule has 2 aliphatic rings. The fraction of sp³-hybridized carbons (Fsp3) is 0.647. The normalized spacial score (nSPS) is 21.9. The van der Waals surface area contributed by atoms with Crippen molar-refractivity contribution in [3.8, 4) is 11.5 Å². The summed E-state index contributed by atoms with van der Waals surface area (Å²) >= 11 is 0. The lowest BCUT2D eigenvalue weighted by atomic mass is 9.68. The molecule has 3 rings (SSSR count). The summed E-state index contributed by atoms with van der Waals surface area (Å²) in [5, 5.41) is 0. The lowest BCUT2D eigenvalue weighted by molar-refractivity contribution is 0.163. The van der Waals surface area contributed by atoms with E-state index in [1.54, 1.807) is 13.0 Å². The van der Waals surface area contributed by atoms with Crippen molar-refractivity contribution in [2.75, 3.05) is 19.8 Å². The van der Waals surface area contributed by atoms with Crippen LogP contribution in [0.5, 0.6) is 11.5 Å². The van der Waals surface area contributed by atoms with Gasteiger partial charge < -0.3 is 15.2 Å². The molecule has 1 aliphatic heterocycles. The topological polar surface area (TPSA) is 44.5 Å². The third-order valence-corrected chi connectivity index (χ3v) is 4.90. The van der Waals surface area contributed by atoms with Gasteiger partial charge in [0.1, 0.15) is 19.4 Å². The Labute approximate surface area is 125 Å². The quantitative estimate of drug-likeness (QED) is 0.925. The Morgan fingerprint density at radius 2 is 1.90 bits per heavy atom. The number of ether oxygens (including phenoxy) is 2. The summed E-state index contributed by atoms with van der Waals surface area (Å²) in [6.07, 6.45) is 4.66. The molecule has 0 aromatic heterocycles. The number of hydrogen-bond donors (Lipinski definition) is 1. The summed E-state index contributed by atoms with van der Waals surface area (Å²) in [6.45, 7) is 3.20. The van der Waals surface area contributed by atoms with E-state index in [9.17, 15) is 4.39 Å². The molecule has 0 saturated heterocycles. The Kier molecular flexibility index (Phi) is 4.07. The summed E-state index contributed by atoms with van der Waals surface area (Å²) in [5.74, 6) is 1.47. The van der Waals surface area contributed by atoms with E-state index >= 15 is 0 Å². The van der Waals surface area contributed by atoms with Crippen molar-refractivity contribution in [2.24, 2.45) is 5.73 Å². The molecule has 1 aliphatic carbocycles. The molecule has 0 spiro atoms. The Morgan fingerprint density at radius 1 is 1.19 bits per heavy atom. The largest absolute Gasteiger partial charge is 0.486 e. The van der Waals surface area contributed by atoms with Crippen LogP contribution in [-0.4, -0.2) is 19.8 Å². The van der Waals surface area contributed by atoms with Crippen LogP contribution in [0.3, 0.4) is 0 Å². The number of hydrogen-bond acceptors (Lipinski definition) is 3. The second kappa shape index (κ2) is 5.84. The van der Waals surface area contributed by atoms with E-state index in [0.29, 0.717) is 31.1 Å². The number of alkyl halides is 1. The highest BCUT2D eigenvalue weighted by molar-refractivity contribution is 5.54. The van der Waals surface area contributed by atoms with Crippen LogP contribution in [0.2, 0.25) is 0 Å². The van der Waals surface area contributed by atoms with Crippen molar-refractivity contribution >= 4 is 0 Å². The summed E-state index contributed by atoms with van der Waals surface area (Å²) < 4.78 is 25.4. The standard InChI is InChI=1S/C17H24FNO2/c1-12(18)13-9-14(16-15(10-13)20-7-8-21-16)17(11-19)5-3-2-4-6-17/h9-10,12H,2-8,11,19H2,1H3. The lowest BCUT2D eigenvalue weighted by Crippen LogP contribution is -2.38. The maximum Gasteiger partial charge on any atom is 0.165 e. The van der Waals surface area contributed by atoms with Crippen LogP contribution < -0.4 is 15.2 Å². The van der Waals surface area contributed by atoms with Gasteiger partial charge in [0.15, 0.2) is 11.5 Å². The highest BCUT2D eigenvalue weighted by Gasteiger charge is 2.37. The number of fused-ring (bicyclic) bond motifs is 1. The van der Waals surface area contributed by atoms with Gasteiger partial charge in [-0.25, -0.2) is 4.39 Å². The van der Waals surface area contributed by atoms with E-state index in [1.165, 1.54) is 19.3 Å². The molecule has 21 heavy (non-hydrogen) atoms. The molecule has 0 radical (unpaired) electrons. The smallest absolute Gasteiger partial charge is 0.165 e. The molecule has 116 valence electrons. The molecule has 1 fully saturated rings. The first-order valence-electron chi connectivity index (χ1n) is 7.94. The Bertz CT molecular complexity index is 510. The second-order valence-corrected chi connectivity index (χ2v) is 6.25. The fourth-order valence-corrected chi connectivity index (χ4v) is 3.61. The predicted octanol–water partition coefficient (Wildman–Crippen LogP) is 3.65. The molecule has 3 nitrogen and oxygen atoms in total. The first-order chi connectivity index (χ1) is 10.2. The minimum absolute atomic E-state index is 0.0894. The van der Waals surface area contributed by atoms with Crippen molar-refractivity contribution < 1.29 is 13.9 Å². The van der Waals surface area contributed by atoms with Crippen LogP contribution in [-0.2, 0) is 5.41 Å². The van der Waals surface area contributed by atoms with Gasteiger partial charge in [-0.2, -0.15) is 0 Å². The van der Waals surface area contributed by atoms with Crippen molar-refractivity contribution in [1.82, 2.24) is 0 Å². The molecule has 1 heterocycles. The van der Waals surface area contributed by atoms with Gasteiger partial charge in [0.2, 0.25) is 0 Å². The average Bonchev–Trinajstić information content (AvgIpc) is 2.54. The van der Waals surface area contributed by atoms with E-state index in [1.807, 2.05) is 6.07 Å². The molecule has 4 heteroatoms. The van der Waals surface area contributed by atoms with Gasteiger partial charge >= 0.3 is 0 Å². The van der Waals surface area contributed by atoms with Crippen molar-refractivity contribution in [2.45, 2.75) is 50.6 Å². The summed E-state index contributed by atoms with van der Waals surface area (Å²) in [6, 6.07) is 3.73. The van der Waals surface area contributed by atoms with Gasteiger partial charge in [-0.1, -0.05) is 19.3 Å². The second-order valence-electron chi connectivity index (χ2n) is 6.25. The third kappa shape index (κ3) is 2.61. The van der Waals surface area contributed by atoms with Crippen LogP contribution in [0, 0.1) is 0 Å². The zero-order valence-electron chi connectivity index (χ0n) is 12.7. The van der Waals surface area contributed by atoms with Gasteiger partial charge in [-0.05, 0) is 37.5 Å². The highest BCUT2D eigenvalue weighted by atomic mass is 19.1. The first kappa shape index (κ1) is 14.6. The van der Waals surface area contributed by atoms with Crippen LogP contribution in [0.1, 0.15) is 56.3 Å². The van der Waals surface area contributed by atoms with E-state index in [0.717, 1.165) is 24.2 Å². The first-order valence-corrected chi connectivity index (χ1v) is 7.94. The van der Waals surface area contributed by atoms with E-state index in [-0.39, 0.29) is 5.41 Å². The predicted molar refractivity (Wildman–Crippen MR) is 80.8 cm³/mol. The maximum atomic E-state index is 13.9. The molecule has 2 N–H and O–H groups in total. The van der Waals surface area contributed by atoms with E-state index in [4.69, 9.17) is 15.2 Å². The summed E-state index contributed by atoms with van der Waals surface area (Å²) in [4.78, 5) is 0. The molecule has 1 aromatic carbocycles. The number of nitrogens with two attached hydrogens (primary N) is 1. The van der Waals surface area contributed by atoms with Crippen LogP contribution in [0.25, 0.3) is 0 Å². The van der Waals surface area contributed by atoms with Crippen LogP contribution >= 0.6 is 0 Å². The Balaban J connectivity index is 2.12.